The van der Waals surface area contributed by atoms with Gasteiger partial charge in [-0.2, -0.15) is 5.10 Å². The average Bonchev–Trinajstić information content (AvgIpc) is 3.13. The van der Waals surface area contributed by atoms with Gasteiger partial charge in [0.25, 0.3) is 0 Å². The summed E-state index contributed by atoms with van der Waals surface area (Å²) in [4.78, 5) is 12.1. The first-order chi connectivity index (χ1) is 12.0. The first kappa shape index (κ1) is 15.9. The van der Waals surface area contributed by atoms with Crippen molar-refractivity contribution < 1.29 is 5.11 Å². The lowest BCUT2D eigenvalue weighted by Gasteiger charge is -2.29. The Balaban J connectivity index is 1.80. The molecule has 0 bridgehead atoms. The zero-order chi connectivity index (χ0) is 17.6. The van der Waals surface area contributed by atoms with E-state index in [1.165, 1.54) is 6.42 Å². The van der Waals surface area contributed by atoms with Gasteiger partial charge in [0.05, 0.1) is 22.8 Å². The summed E-state index contributed by atoms with van der Waals surface area (Å²) in [6, 6.07) is 0.276. The maximum atomic E-state index is 10.2. The summed E-state index contributed by atoms with van der Waals surface area (Å²) < 4.78 is 1.79. The molecule has 0 aliphatic heterocycles. The van der Waals surface area contributed by atoms with E-state index in [0.717, 1.165) is 30.5 Å². The van der Waals surface area contributed by atoms with Crippen molar-refractivity contribution in [3.05, 3.63) is 18.1 Å². The van der Waals surface area contributed by atoms with Crippen LogP contribution in [0.4, 0.5) is 5.95 Å². The molecule has 8 nitrogen and oxygen atoms in total. The molecule has 0 amide bonds. The number of hydrogen-bond acceptors (Lipinski definition) is 6. The molecule has 1 fully saturated rings. The molecule has 0 spiro atoms. The van der Waals surface area contributed by atoms with Crippen molar-refractivity contribution in [3.63, 3.8) is 0 Å². The number of rotatable bonds is 3. The molecule has 0 saturated heterocycles. The molecular weight excluding hydrogens is 318 g/mol. The van der Waals surface area contributed by atoms with Crippen LogP contribution in [0.1, 0.15) is 31.4 Å². The van der Waals surface area contributed by atoms with E-state index in [4.69, 9.17) is 10.7 Å². The molecule has 1 saturated carbocycles. The summed E-state index contributed by atoms with van der Waals surface area (Å²) in [6.07, 6.45) is 7.81. The maximum absolute atomic E-state index is 10.2. The summed E-state index contributed by atoms with van der Waals surface area (Å²) in [5.74, 6) is 0.598. The Bertz CT molecular complexity index is 913. The van der Waals surface area contributed by atoms with Crippen LogP contribution in [0.3, 0.4) is 0 Å². The van der Waals surface area contributed by atoms with Crippen LogP contribution in [0.2, 0.25) is 0 Å². The Hall–Kier alpha value is -2.61. The fourth-order valence-corrected chi connectivity index (χ4v) is 3.52. The largest absolute Gasteiger partial charge is 0.494 e. The van der Waals surface area contributed by atoms with Crippen LogP contribution in [0.25, 0.3) is 22.2 Å². The zero-order valence-corrected chi connectivity index (χ0v) is 14.5. The number of aromatic nitrogens is 5. The fraction of sp³-hybridized carbons (Fsp3) is 0.471. The molecule has 2 atom stereocenters. The van der Waals surface area contributed by atoms with Crippen LogP contribution in [0, 0.1) is 6.92 Å². The van der Waals surface area contributed by atoms with Crippen molar-refractivity contribution in [1.82, 2.24) is 24.7 Å². The number of nitrogens with one attached hydrogen (secondary N) is 2. The van der Waals surface area contributed by atoms with Gasteiger partial charge in [0, 0.05) is 36.6 Å². The zero-order valence-electron chi connectivity index (χ0n) is 14.5. The van der Waals surface area contributed by atoms with Crippen LogP contribution in [-0.4, -0.2) is 41.9 Å². The lowest BCUT2D eigenvalue weighted by atomic mass is 9.91. The van der Waals surface area contributed by atoms with Crippen LogP contribution in [0.5, 0.6) is 5.88 Å². The van der Waals surface area contributed by atoms with Crippen LogP contribution in [0.15, 0.2) is 12.4 Å². The van der Waals surface area contributed by atoms with E-state index in [0.29, 0.717) is 22.5 Å². The molecule has 25 heavy (non-hydrogen) atoms. The highest BCUT2D eigenvalue weighted by atomic mass is 16.3. The molecule has 1 aliphatic rings. The number of nitrogens with zero attached hydrogens (tertiary/aromatic N) is 4. The topological polar surface area (TPSA) is 118 Å². The quantitative estimate of drug-likeness (QED) is 0.579. The minimum Gasteiger partial charge on any atom is -0.494 e. The van der Waals surface area contributed by atoms with Crippen LogP contribution in [-0.2, 0) is 7.05 Å². The third kappa shape index (κ3) is 2.72. The van der Waals surface area contributed by atoms with Crippen molar-refractivity contribution in [1.29, 1.82) is 0 Å². The van der Waals surface area contributed by atoms with Crippen molar-refractivity contribution in [2.75, 3.05) is 5.32 Å². The number of aryl methyl sites for hydroxylation is 1. The maximum Gasteiger partial charge on any atom is 0.224 e. The summed E-state index contributed by atoms with van der Waals surface area (Å²) >= 11 is 0. The average molecular weight is 341 g/mol. The number of anilines is 1. The molecule has 8 heteroatoms. The highest BCUT2D eigenvalue weighted by Crippen LogP contribution is 2.34. The summed E-state index contributed by atoms with van der Waals surface area (Å²) in [5, 5.41) is 18.5. The van der Waals surface area contributed by atoms with Crippen molar-refractivity contribution in [2.45, 2.75) is 44.7 Å². The molecule has 0 unspecified atom stereocenters. The second-order valence-electron chi connectivity index (χ2n) is 6.76. The van der Waals surface area contributed by atoms with Gasteiger partial charge in [-0.25, -0.2) is 9.97 Å². The summed E-state index contributed by atoms with van der Waals surface area (Å²) in [5.41, 5.74) is 9.42. The molecule has 0 radical (unpaired) electrons. The molecule has 4 rings (SSSR count). The van der Waals surface area contributed by atoms with Crippen LogP contribution < -0.4 is 11.1 Å². The number of nitrogens with two attached hydrogens (primary N) is 1. The Morgan fingerprint density at radius 3 is 2.84 bits per heavy atom. The summed E-state index contributed by atoms with van der Waals surface area (Å²) in [6.45, 7) is 1.98. The molecule has 132 valence electrons. The third-order valence-electron chi connectivity index (χ3n) is 5.14. The van der Waals surface area contributed by atoms with E-state index in [1.807, 2.05) is 14.0 Å². The first-order valence-corrected chi connectivity index (χ1v) is 8.63. The van der Waals surface area contributed by atoms with Gasteiger partial charge in [-0.15, -0.1) is 0 Å². The second kappa shape index (κ2) is 6.03. The Morgan fingerprint density at radius 1 is 1.32 bits per heavy atom. The van der Waals surface area contributed by atoms with E-state index >= 15 is 0 Å². The van der Waals surface area contributed by atoms with E-state index in [-0.39, 0.29) is 18.0 Å². The second-order valence-corrected chi connectivity index (χ2v) is 6.76. The number of hydrogen-bond donors (Lipinski definition) is 4. The SMILES string of the molecule is Cc1c(-c2nc(N[C@@H]3CCCC[C@@H]3N)nc3c[nH]c(O)c23)cnn1C. The third-order valence-corrected chi connectivity index (χ3v) is 5.14. The Morgan fingerprint density at radius 2 is 2.12 bits per heavy atom. The van der Waals surface area contributed by atoms with Gasteiger partial charge in [0.2, 0.25) is 5.95 Å². The van der Waals surface area contributed by atoms with Gasteiger partial charge in [-0.3, -0.25) is 4.68 Å². The van der Waals surface area contributed by atoms with Gasteiger partial charge in [0.15, 0.2) is 5.88 Å². The highest BCUT2D eigenvalue weighted by molar-refractivity contribution is 5.97. The first-order valence-electron chi connectivity index (χ1n) is 8.63. The number of H-pyrrole nitrogens is 1. The summed E-state index contributed by atoms with van der Waals surface area (Å²) in [7, 11) is 1.88. The number of aromatic hydroxyl groups is 1. The Labute approximate surface area is 145 Å². The molecule has 3 aromatic heterocycles. The van der Waals surface area contributed by atoms with Gasteiger partial charge >= 0.3 is 0 Å². The lowest BCUT2D eigenvalue weighted by molar-refractivity contribution is 0.402. The standard InChI is InChI=1S/C17H23N7O/c1-9-10(7-20-24(9)2)15-14-13(8-19-16(14)25)22-17(23-15)21-12-6-4-3-5-11(12)18/h7-8,11-12,19,25H,3-6,18H2,1-2H3,(H,21,22)/t11-,12+/m0/s1. The van der Waals surface area contributed by atoms with Crippen LogP contribution >= 0.6 is 0 Å². The normalized spacial score (nSPS) is 20.9. The van der Waals surface area contributed by atoms with Gasteiger partial charge in [0.1, 0.15) is 0 Å². The van der Waals surface area contributed by atoms with Gasteiger partial charge in [-0.1, -0.05) is 12.8 Å². The lowest BCUT2D eigenvalue weighted by Crippen LogP contribution is -2.42. The molecule has 1 aliphatic carbocycles. The molecule has 3 aromatic rings. The smallest absolute Gasteiger partial charge is 0.224 e. The molecule has 3 heterocycles. The Kier molecular flexibility index (Phi) is 3.84. The van der Waals surface area contributed by atoms with E-state index in [9.17, 15) is 5.11 Å². The van der Waals surface area contributed by atoms with E-state index in [2.05, 4.69) is 20.4 Å². The number of fused-ring (bicyclic) bond motifs is 1. The molecular formula is C17H23N7O. The van der Waals surface area contributed by atoms with E-state index < -0.39 is 0 Å². The van der Waals surface area contributed by atoms with E-state index in [1.54, 1.807) is 17.1 Å². The predicted molar refractivity (Wildman–Crippen MR) is 96.3 cm³/mol. The monoisotopic (exact) mass is 341 g/mol. The highest BCUT2D eigenvalue weighted by Gasteiger charge is 2.24. The van der Waals surface area contributed by atoms with Gasteiger partial charge < -0.3 is 21.1 Å². The minimum absolute atomic E-state index is 0.0640. The molecule has 0 aromatic carbocycles. The van der Waals surface area contributed by atoms with Gasteiger partial charge in [-0.05, 0) is 19.8 Å². The minimum atomic E-state index is 0.0640. The van der Waals surface area contributed by atoms with Crippen molar-refractivity contribution >= 4 is 16.9 Å². The fourth-order valence-electron chi connectivity index (χ4n) is 3.52. The van der Waals surface area contributed by atoms with Crippen molar-refractivity contribution in [2.24, 2.45) is 12.8 Å². The number of aromatic amines is 1. The predicted octanol–water partition coefficient (Wildman–Crippen LogP) is 2.05. The molecule has 5 N–H and O–H groups in total. The van der Waals surface area contributed by atoms with Crippen molar-refractivity contribution in [3.8, 4) is 17.1 Å².